The highest BCUT2D eigenvalue weighted by molar-refractivity contribution is 7.80. The number of fused-ring (bicyclic) bond motifs is 1. The van der Waals surface area contributed by atoms with Crippen LogP contribution in [0.5, 0.6) is 0 Å². The molecule has 2 aromatic rings. The van der Waals surface area contributed by atoms with E-state index in [2.05, 4.69) is 58.6 Å². The minimum atomic E-state index is 0.214. The molecule has 0 amide bonds. The fourth-order valence-electron chi connectivity index (χ4n) is 2.79. The Labute approximate surface area is 135 Å². The molecule has 0 unspecified atom stereocenters. The van der Waals surface area contributed by atoms with Crippen LogP contribution in [0.4, 0.5) is 0 Å². The second kappa shape index (κ2) is 6.41. The number of rotatable bonds is 3. The van der Waals surface area contributed by atoms with Crippen LogP contribution in [-0.4, -0.2) is 23.1 Å². The van der Waals surface area contributed by atoms with Gasteiger partial charge in [-0.1, -0.05) is 36.4 Å². The smallest absolute Gasteiger partial charge is 0.169 e. The fraction of sp³-hybridized carbons (Fsp3) is 0.235. The van der Waals surface area contributed by atoms with Crippen LogP contribution >= 0.6 is 23.6 Å². The van der Waals surface area contributed by atoms with Gasteiger partial charge in [0, 0.05) is 18.0 Å². The third-order valence-electron chi connectivity index (χ3n) is 3.74. The summed E-state index contributed by atoms with van der Waals surface area (Å²) in [5.41, 5.74) is 2.68. The third kappa shape index (κ3) is 2.87. The molecule has 1 aromatic carbocycles. The summed E-state index contributed by atoms with van der Waals surface area (Å²) in [7, 11) is 0. The summed E-state index contributed by atoms with van der Waals surface area (Å²) < 4.78 is 0. The fourth-order valence-corrected chi connectivity index (χ4v) is 3.97. The second-order valence-electron chi connectivity index (χ2n) is 5.03. The Morgan fingerprint density at radius 3 is 2.95 bits per heavy atom. The molecule has 21 heavy (non-hydrogen) atoms. The van der Waals surface area contributed by atoms with Gasteiger partial charge in [0.2, 0.25) is 0 Å². The number of hydrogen-bond donors (Lipinski definition) is 1. The standard InChI is InChI=1S/C17H18N2S2/c1-2-10-18-17(20)19-11-8-15-14(9-12-21-15)16(19)13-6-4-3-5-7-13/h2-7,9,12,16H,1,8,10-11H2,(H,18,20)/t16-/m1/s1. The van der Waals surface area contributed by atoms with Crippen LogP contribution in [0.25, 0.3) is 0 Å². The van der Waals surface area contributed by atoms with Crippen LogP contribution in [-0.2, 0) is 6.42 Å². The van der Waals surface area contributed by atoms with E-state index in [-0.39, 0.29) is 6.04 Å². The summed E-state index contributed by atoms with van der Waals surface area (Å²) in [6.07, 6.45) is 2.90. The predicted molar refractivity (Wildman–Crippen MR) is 93.8 cm³/mol. The molecule has 0 radical (unpaired) electrons. The van der Waals surface area contributed by atoms with Crippen molar-refractivity contribution in [2.75, 3.05) is 13.1 Å². The average molecular weight is 314 g/mol. The molecule has 0 spiro atoms. The van der Waals surface area contributed by atoms with E-state index in [1.54, 1.807) is 0 Å². The Bertz CT molecular complexity index is 633. The van der Waals surface area contributed by atoms with Crippen LogP contribution in [0, 0.1) is 0 Å². The molecular formula is C17H18N2S2. The van der Waals surface area contributed by atoms with E-state index >= 15 is 0 Å². The highest BCUT2D eigenvalue weighted by Gasteiger charge is 2.30. The quantitative estimate of drug-likeness (QED) is 0.686. The lowest BCUT2D eigenvalue weighted by Crippen LogP contribution is -2.45. The summed E-state index contributed by atoms with van der Waals surface area (Å²) >= 11 is 7.44. The second-order valence-corrected chi connectivity index (χ2v) is 6.42. The van der Waals surface area contributed by atoms with E-state index in [9.17, 15) is 0 Å². The molecule has 0 fully saturated rings. The first-order valence-electron chi connectivity index (χ1n) is 7.08. The van der Waals surface area contributed by atoms with Gasteiger partial charge in [-0.3, -0.25) is 0 Å². The van der Waals surface area contributed by atoms with E-state index in [1.165, 1.54) is 16.0 Å². The molecular weight excluding hydrogens is 296 g/mol. The Hall–Kier alpha value is -1.65. The summed E-state index contributed by atoms with van der Waals surface area (Å²) in [5, 5.41) is 6.26. The maximum Gasteiger partial charge on any atom is 0.169 e. The highest BCUT2D eigenvalue weighted by atomic mass is 32.1. The number of thiophene rings is 1. The minimum absolute atomic E-state index is 0.214. The number of nitrogens with zero attached hydrogens (tertiary/aromatic N) is 1. The number of benzene rings is 1. The lowest BCUT2D eigenvalue weighted by Gasteiger charge is -2.38. The van der Waals surface area contributed by atoms with Crippen molar-refractivity contribution < 1.29 is 0 Å². The van der Waals surface area contributed by atoms with E-state index < -0.39 is 0 Å². The van der Waals surface area contributed by atoms with Gasteiger partial charge in [-0.2, -0.15) is 0 Å². The summed E-state index contributed by atoms with van der Waals surface area (Å²) in [6, 6.07) is 13.1. The molecule has 0 bridgehead atoms. The summed E-state index contributed by atoms with van der Waals surface area (Å²) in [5.74, 6) is 0. The predicted octanol–water partition coefficient (Wildman–Crippen LogP) is 3.76. The lowest BCUT2D eigenvalue weighted by molar-refractivity contribution is 0.338. The van der Waals surface area contributed by atoms with E-state index in [4.69, 9.17) is 12.2 Å². The largest absolute Gasteiger partial charge is 0.359 e. The van der Waals surface area contributed by atoms with Gasteiger partial charge in [0.1, 0.15) is 0 Å². The van der Waals surface area contributed by atoms with Crippen molar-refractivity contribution in [3.63, 3.8) is 0 Å². The molecule has 1 aliphatic heterocycles. The zero-order chi connectivity index (χ0) is 14.7. The first-order chi connectivity index (χ1) is 10.3. The van der Waals surface area contributed by atoms with E-state index in [1.807, 2.05) is 17.4 Å². The number of nitrogens with one attached hydrogen (secondary N) is 1. The van der Waals surface area contributed by atoms with Crippen molar-refractivity contribution in [3.05, 3.63) is 70.4 Å². The van der Waals surface area contributed by atoms with Crippen LogP contribution in [0.1, 0.15) is 22.0 Å². The first-order valence-corrected chi connectivity index (χ1v) is 8.36. The lowest BCUT2D eigenvalue weighted by atomic mass is 9.94. The van der Waals surface area contributed by atoms with Gasteiger partial charge in [0.15, 0.2) is 5.11 Å². The van der Waals surface area contributed by atoms with Gasteiger partial charge in [-0.05, 0) is 41.2 Å². The van der Waals surface area contributed by atoms with E-state index in [0.717, 1.165) is 18.1 Å². The monoisotopic (exact) mass is 314 g/mol. The van der Waals surface area contributed by atoms with E-state index in [0.29, 0.717) is 6.54 Å². The first kappa shape index (κ1) is 14.3. The Morgan fingerprint density at radius 1 is 1.38 bits per heavy atom. The number of thiocarbonyl (C=S) groups is 1. The molecule has 1 N–H and O–H groups in total. The minimum Gasteiger partial charge on any atom is -0.359 e. The average Bonchev–Trinajstić information content (AvgIpc) is 3.01. The normalized spacial score (nSPS) is 17.1. The van der Waals surface area contributed by atoms with Crippen molar-refractivity contribution in [2.45, 2.75) is 12.5 Å². The van der Waals surface area contributed by atoms with Gasteiger partial charge < -0.3 is 10.2 Å². The molecule has 1 aromatic heterocycles. The van der Waals surface area contributed by atoms with Crippen LogP contribution in [0.3, 0.4) is 0 Å². The Balaban J connectivity index is 1.96. The summed E-state index contributed by atoms with van der Waals surface area (Å²) in [4.78, 5) is 3.77. The van der Waals surface area contributed by atoms with Crippen molar-refractivity contribution in [1.82, 2.24) is 10.2 Å². The molecule has 1 aliphatic rings. The Morgan fingerprint density at radius 2 is 2.19 bits per heavy atom. The van der Waals surface area contributed by atoms with Crippen molar-refractivity contribution in [1.29, 1.82) is 0 Å². The maximum absolute atomic E-state index is 5.59. The molecule has 0 saturated carbocycles. The van der Waals surface area contributed by atoms with Gasteiger partial charge in [-0.25, -0.2) is 0 Å². The Kier molecular flexibility index (Phi) is 4.36. The highest BCUT2D eigenvalue weighted by Crippen LogP contribution is 2.37. The molecule has 3 rings (SSSR count). The van der Waals surface area contributed by atoms with Crippen molar-refractivity contribution in [2.24, 2.45) is 0 Å². The van der Waals surface area contributed by atoms with Crippen LogP contribution in [0.2, 0.25) is 0 Å². The zero-order valence-corrected chi connectivity index (χ0v) is 13.4. The van der Waals surface area contributed by atoms with Crippen molar-refractivity contribution in [3.8, 4) is 0 Å². The SMILES string of the molecule is C=CCNC(=S)N1CCc2sccc2[C@H]1c1ccccc1. The molecule has 0 saturated heterocycles. The topological polar surface area (TPSA) is 15.3 Å². The van der Waals surface area contributed by atoms with Crippen LogP contribution < -0.4 is 5.32 Å². The molecule has 2 heterocycles. The van der Waals surface area contributed by atoms with Gasteiger partial charge in [0.05, 0.1) is 6.04 Å². The maximum atomic E-state index is 5.59. The number of hydrogen-bond acceptors (Lipinski definition) is 2. The summed E-state index contributed by atoms with van der Waals surface area (Å²) in [6.45, 7) is 5.40. The van der Waals surface area contributed by atoms with Gasteiger partial charge in [0.25, 0.3) is 0 Å². The zero-order valence-electron chi connectivity index (χ0n) is 11.8. The molecule has 1 atom stereocenters. The van der Waals surface area contributed by atoms with Crippen molar-refractivity contribution >= 4 is 28.7 Å². The van der Waals surface area contributed by atoms with Gasteiger partial charge in [-0.15, -0.1) is 17.9 Å². The molecule has 4 heteroatoms. The third-order valence-corrected chi connectivity index (χ3v) is 5.12. The molecule has 2 nitrogen and oxygen atoms in total. The van der Waals surface area contributed by atoms with Crippen LogP contribution in [0.15, 0.2) is 54.4 Å². The molecule has 108 valence electrons. The van der Waals surface area contributed by atoms with Gasteiger partial charge >= 0.3 is 0 Å². The molecule has 0 aliphatic carbocycles.